The van der Waals surface area contributed by atoms with E-state index in [1.807, 2.05) is 53.4 Å². The summed E-state index contributed by atoms with van der Waals surface area (Å²) in [4.78, 5) is 8.97. The molecule has 0 bridgehead atoms. The molecule has 6 heteroatoms. The van der Waals surface area contributed by atoms with Crippen molar-refractivity contribution in [3.8, 4) is 22.8 Å². The SMILES string of the molecule is COc1cc(F)ccc1-c1nc(Cc2cccnc2)cn1-c1ccc(Cl)cc1. The summed E-state index contributed by atoms with van der Waals surface area (Å²) in [6.07, 6.45) is 6.16. The second-order valence-corrected chi connectivity index (χ2v) is 6.72. The lowest BCUT2D eigenvalue weighted by Crippen LogP contribution is -1.98. The molecule has 0 aliphatic rings. The van der Waals surface area contributed by atoms with Gasteiger partial charge in [0.1, 0.15) is 17.4 Å². The first kappa shape index (κ1) is 18.2. The topological polar surface area (TPSA) is 39.9 Å². The Morgan fingerprint density at radius 2 is 1.93 bits per heavy atom. The molecule has 0 spiro atoms. The van der Waals surface area contributed by atoms with Crippen molar-refractivity contribution in [3.63, 3.8) is 0 Å². The normalized spacial score (nSPS) is 10.8. The molecule has 0 radical (unpaired) electrons. The standard InChI is InChI=1S/C22H17ClFN3O/c1-28-21-12-17(24)6-9-20(21)22-26-18(11-15-3-2-10-25-13-15)14-27(22)19-7-4-16(23)5-8-19/h2-10,12-14H,11H2,1H3. The molecule has 0 saturated heterocycles. The third kappa shape index (κ3) is 3.75. The van der Waals surface area contributed by atoms with Crippen molar-refractivity contribution in [2.75, 3.05) is 7.11 Å². The summed E-state index contributed by atoms with van der Waals surface area (Å²) in [7, 11) is 1.52. The smallest absolute Gasteiger partial charge is 0.148 e. The summed E-state index contributed by atoms with van der Waals surface area (Å²) < 4.78 is 21.0. The van der Waals surface area contributed by atoms with E-state index in [-0.39, 0.29) is 5.82 Å². The largest absolute Gasteiger partial charge is 0.496 e. The number of ether oxygens (including phenoxy) is 1. The zero-order valence-corrected chi connectivity index (χ0v) is 15.9. The van der Waals surface area contributed by atoms with Crippen LogP contribution in [0.1, 0.15) is 11.3 Å². The molecule has 0 N–H and O–H groups in total. The highest BCUT2D eigenvalue weighted by atomic mass is 35.5. The molecule has 4 rings (SSSR count). The summed E-state index contributed by atoms with van der Waals surface area (Å²) >= 11 is 6.04. The first-order valence-corrected chi connectivity index (χ1v) is 9.09. The van der Waals surface area contributed by atoms with Crippen LogP contribution in [-0.4, -0.2) is 21.6 Å². The molecule has 0 amide bonds. The fourth-order valence-corrected chi connectivity index (χ4v) is 3.19. The van der Waals surface area contributed by atoms with Gasteiger partial charge in [0.25, 0.3) is 0 Å². The van der Waals surface area contributed by atoms with Gasteiger partial charge in [-0.1, -0.05) is 17.7 Å². The van der Waals surface area contributed by atoms with Crippen molar-refractivity contribution in [1.82, 2.24) is 14.5 Å². The number of nitrogens with zero attached hydrogens (tertiary/aromatic N) is 3. The van der Waals surface area contributed by atoms with Crippen molar-refractivity contribution in [2.45, 2.75) is 6.42 Å². The van der Waals surface area contributed by atoms with Gasteiger partial charge in [-0.05, 0) is 48.0 Å². The predicted molar refractivity (Wildman–Crippen MR) is 108 cm³/mol. The number of rotatable bonds is 5. The molecule has 2 aromatic heterocycles. The van der Waals surface area contributed by atoms with Gasteiger partial charge in [0.2, 0.25) is 0 Å². The Kier molecular flexibility index (Phi) is 5.08. The summed E-state index contributed by atoms with van der Waals surface area (Å²) in [5.41, 5.74) is 3.53. The van der Waals surface area contributed by atoms with Crippen LogP contribution in [0.5, 0.6) is 5.75 Å². The third-order valence-electron chi connectivity index (χ3n) is 4.37. The molecule has 0 aliphatic carbocycles. The Balaban J connectivity index is 1.84. The minimum atomic E-state index is -0.360. The average molecular weight is 394 g/mol. The minimum absolute atomic E-state index is 0.360. The quantitative estimate of drug-likeness (QED) is 0.460. The van der Waals surface area contributed by atoms with Gasteiger partial charge < -0.3 is 4.74 Å². The van der Waals surface area contributed by atoms with E-state index in [4.69, 9.17) is 21.3 Å². The van der Waals surface area contributed by atoms with Crippen molar-refractivity contribution < 1.29 is 9.13 Å². The molecule has 0 fully saturated rings. The highest BCUT2D eigenvalue weighted by Crippen LogP contribution is 2.32. The molecule has 4 nitrogen and oxygen atoms in total. The number of methoxy groups -OCH3 is 1. The second kappa shape index (κ2) is 7.82. The maximum Gasteiger partial charge on any atom is 0.148 e. The van der Waals surface area contributed by atoms with Gasteiger partial charge >= 0.3 is 0 Å². The van der Waals surface area contributed by atoms with Crippen LogP contribution in [0.2, 0.25) is 5.02 Å². The van der Waals surface area contributed by atoms with E-state index in [1.54, 1.807) is 12.3 Å². The van der Waals surface area contributed by atoms with E-state index in [0.717, 1.165) is 16.9 Å². The van der Waals surface area contributed by atoms with Gasteiger partial charge in [-0.2, -0.15) is 0 Å². The van der Waals surface area contributed by atoms with E-state index in [2.05, 4.69) is 4.98 Å². The molecule has 2 aromatic carbocycles. The van der Waals surface area contributed by atoms with Crippen LogP contribution in [0.25, 0.3) is 17.1 Å². The summed E-state index contributed by atoms with van der Waals surface area (Å²) in [6.45, 7) is 0. The maximum atomic E-state index is 13.7. The van der Waals surface area contributed by atoms with Crippen LogP contribution in [0, 0.1) is 5.82 Å². The highest BCUT2D eigenvalue weighted by molar-refractivity contribution is 6.30. The summed E-state index contributed by atoms with van der Waals surface area (Å²) in [5.74, 6) is 0.729. The molecule has 4 aromatic rings. The van der Waals surface area contributed by atoms with Crippen LogP contribution in [0.15, 0.2) is 73.2 Å². The van der Waals surface area contributed by atoms with E-state index >= 15 is 0 Å². The third-order valence-corrected chi connectivity index (χ3v) is 4.63. The molecule has 0 saturated carbocycles. The molecule has 0 atom stereocenters. The molecule has 0 aliphatic heterocycles. The average Bonchev–Trinajstić information content (AvgIpc) is 3.12. The van der Waals surface area contributed by atoms with Crippen LogP contribution >= 0.6 is 11.6 Å². The zero-order valence-electron chi connectivity index (χ0n) is 15.1. The zero-order chi connectivity index (χ0) is 19.5. The van der Waals surface area contributed by atoms with E-state index < -0.39 is 0 Å². The lowest BCUT2D eigenvalue weighted by Gasteiger charge is -2.11. The van der Waals surface area contributed by atoms with E-state index in [0.29, 0.717) is 28.6 Å². The monoisotopic (exact) mass is 393 g/mol. The van der Waals surface area contributed by atoms with E-state index in [9.17, 15) is 4.39 Å². The van der Waals surface area contributed by atoms with Gasteiger partial charge in [-0.15, -0.1) is 0 Å². The molecule has 140 valence electrons. The number of halogens is 2. The van der Waals surface area contributed by atoms with Crippen molar-refractivity contribution in [3.05, 3.63) is 95.3 Å². The summed E-state index contributed by atoms with van der Waals surface area (Å²) in [5, 5.41) is 0.653. The van der Waals surface area contributed by atoms with Crippen LogP contribution in [0.3, 0.4) is 0 Å². The highest BCUT2D eigenvalue weighted by Gasteiger charge is 2.17. The van der Waals surface area contributed by atoms with Gasteiger partial charge in [0.05, 0.1) is 18.4 Å². The minimum Gasteiger partial charge on any atom is -0.496 e. The summed E-state index contributed by atoms with van der Waals surface area (Å²) in [6, 6.07) is 15.8. The lowest BCUT2D eigenvalue weighted by molar-refractivity contribution is 0.412. The van der Waals surface area contributed by atoms with Crippen LogP contribution in [0.4, 0.5) is 4.39 Å². The fraction of sp³-hybridized carbons (Fsp3) is 0.0909. The first-order chi connectivity index (χ1) is 13.6. The molecular weight excluding hydrogens is 377 g/mol. The van der Waals surface area contributed by atoms with Gasteiger partial charge in [-0.25, -0.2) is 9.37 Å². The molecule has 0 unspecified atom stereocenters. The Hall–Kier alpha value is -3.18. The van der Waals surface area contributed by atoms with Crippen molar-refractivity contribution in [1.29, 1.82) is 0 Å². The lowest BCUT2D eigenvalue weighted by atomic mass is 10.1. The van der Waals surface area contributed by atoms with Crippen molar-refractivity contribution >= 4 is 11.6 Å². The first-order valence-electron chi connectivity index (χ1n) is 8.71. The number of aromatic nitrogens is 3. The predicted octanol–water partition coefficient (Wildman–Crippen LogP) is 5.33. The number of hydrogen-bond donors (Lipinski definition) is 0. The number of imidazole rings is 1. The second-order valence-electron chi connectivity index (χ2n) is 6.28. The van der Waals surface area contributed by atoms with Gasteiger partial charge in [0, 0.05) is 41.8 Å². The van der Waals surface area contributed by atoms with Crippen LogP contribution in [-0.2, 0) is 6.42 Å². The maximum absolute atomic E-state index is 13.7. The number of benzene rings is 2. The Morgan fingerprint density at radius 1 is 1.11 bits per heavy atom. The Morgan fingerprint density at radius 3 is 2.64 bits per heavy atom. The fourth-order valence-electron chi connectivity index (χ4n) is 3.06. The van der Waals surface area contributed by atoms with Crippen molar-refractivity contribution in [2.24, 2.45) is 0 Å². The Labute approximate surface area is 167 Å². The molecular formula is C22H17ClFN3O. The number of hydrogen-bond acceptors (Lipinski definition) is 3. The van der Waals surface area contributed by atoms with Gasteiger partial charge in [-0.3, -0.25) is 9.55 Å². The number of pyridine rings is 1. The molecule has 2 heterocycles. The van der Waals surface area contributed by atoms with Gasteiger partial charge in [0.15, 0.2) is 0 Å². The Bertz CT molecular complexity index is 1090. The van der Waals surface area contributed by atoms with Crippen LogP contribution < -0.4 is 4.74 Å². The van der Waals surface area contributed by atoms with E-state index in [1.165, 1.54) is 19.2 Å². The molecule has 28 heavy (non-hydrogen) atoms.